The molecule has 0 radical (unpaired) electrons. The maximum absolute atomic E-state index is 4.38. The first kappa shape index (κ1) is 21.3. The van der Waals surface area contributed by atoms with Gasteiger partial charge in [0, 0.05) is 31.6 Å². The van der Waals surface area contributed by atoms with Gasteiger partial charge < -0.3 is 10.6 Å². The molecule has 0 spiro atoms. The van der Waals surface area contributed by atoms with E-state index in [0.717, 1.165) is 35.9 Å². The highest BCUT2D eigenvalue weighted by Gasteiger charge is 2.13. The average molecular weight is 425 g/mol. The molecule has 0 aliphatic rings. The van der Waals surface area contributed by atoms with Gasteiger partial charge in [-0.15, -0.1) is 0 Å². The lowest BCUT2D eigenvalue weighted by atomic mass is 9.88. The van der Waals surface area contributed by atoms with Crippen LogP contribution >= 0.6 is 0 Å². The number of nitrogens with one attached hydrogen (secondary N) is 3. The molecule has 0 aliphatic heterocycles. The summed E-state index contributed by atoms with van der Waals surface area (Å²) in [6, 6.07) is 29.6. The van der Waals surface area contributed by atoms with E-state index in [1.165, 1.54) is 17.5 Å². The molecule has 3 aromatic carbocycles. The van der Waals surface area contributed by atoms with Crippen molar-refractivity contribution in [1.29, 1.82) is 0 Å². The lowest BCUT2D eigenvalue weighted by Crippen LogP contribution is -2.37. The molecule has 0 aliphatic carbocycles. The van der Waals surface area contributed by atoms with Gasteiger partial charge in [-0.2, -0.15) is 5.10 Å². The molecule has 0 amide bonds. The number of aliphatic imine (C=N–C) groups is 1. The summed E-state index contributed by atoms with van der Waals surface area (Å²) in [6.07, 6.45) is 2.49. The van der Waals surface area contributed by atoms with Crippen molar-refractivity contribution in [2.75, 3.05) is 13.6 Å². The van der Waals surface area contributed by atoms with Crippen LogP contribution in [0.2, 0.25) is 0 Å². The summed E-state index contributed by atoms with van der Waals surface area (Å²) in [6.45, 7) is 1.48. The molecule has 1 heterocycles. The summed E-state index contributed by atoms with van der Waals surface area (Å²) in [5, 5.41) is 13.7. The number of hydrogen-bond donors (Lipinski definition) is 3. The van der Waals surface area contributed by atoms with Gasteiger partial charge in [0.05, 0.1) is 0 Å². The molecule has 0 bridgehead atoms. The smallest absolute Gasteiger partial charge is 0.191 e. The fourth-order valence-corrected chi connectivity index (χ4v) is 3.81. The van der Waals surface area contributed by atoms with Crippen molar-refractivity contribution in [2.45, 2.75) is 18.9 Å². The zero-order valence-electron chi connectivity index (χ0n) is 18.2. The first-order valence-electron chi connectivity index (χ1n) is 10.8. The van der Waals surface area contributed by atoms with Crippen LogP contribution in [-0.4, -0.2) is 34.7 Å². The second-order valence-electron chi connectivity index (χ2n) is 7.55. The van der Waals surface area contributed by atoms with Gasteiger partial charge in [0.25, 0.3) is 0 Å². The minimum atomic E-state index is 0.335. The Hall–Kier alpha value is -3.93. The summed E-state index contributed by atoms with van der Waals surface area (Å²) in [7, 11) is 1.80. The minimum Gasteiger partial charge on any atom is -0.356 e. The predicted octanol–water partition coefficient (Wildman–Crippen LogP) is 4.36. The molecule has 6 heteroatoms. The van der Waals surface area contributed by atoms with E-state index in [1.54, 1.807) is 7.05 Å². The fourth-order valence-electron chi connectivity index (χ4n) is 3.81. The van der Waals surface area contributed by atoms with E-state index in [2.05, 4.69) is 104 Å². The highest BCUT2D eigenvalue weighted by Crippen LogP contribution is 2.27. The van der Waals surface area contributed by atoms with E-state index in [1.807, 2.05) is 12.1 Å². The summed E-state index contributed by atoms with van der Waals surface area (Å²) in [4.78, 5) is 8.61. The Morgan fingerprint density at radius 2 is 1.62 bits per heavy atom. The van der Waals surface area contributed by atoms with Crippen molar-refractivity contribution in [3.63, 3.8) is 0 Å². The van der Waals surface area contributed by atoms with Crippen LogP contribution in [0.15, 0.2) is 96.2 Å². The standard InChI is InChI=1S/C26H28N6/c1-27-26(29-18-20-9-8-14-23(17-20)25-30-19-31-32-25)28-16-15-24(21-10-4-2-5-11-21)22-12-6-3-7-13-22/h2-14,17,19,24H,15-16,18H2,1H3,(H2,27,28,29)(H,30,31,32). The number of rotatable bonds is 8. The Labute approximate surface area is 188 Å². The predicted molar refractivity (Wildman–Crippen MR) is 129 cm³/mol. The highest BCUT2D eigenvalue weighted by molar-refractivity contribution is 5.79. The maximum atomic E-state index is 4.38. The molecule has 0 unspecified atom stereocenters. The largest absolute Gasteiger partial charge is 0.356 e. The molecule has 32 heavy (non-hydrogen) atoms. The third-order valence-electron chi connectivity index (χ3n) is 5.43. The van der Waals surface area contributed by atoms with Gasteiger partial charge in [-0.25, -0.2) is 4.98 Å². The monoisotopic (exact) mass is 424 g/mol. The highest BCUT2D eigenvalue weighted by atomic mass is 15.2. The second-order valence-corrected chi connectivity index (χ2v) is 7.55. The van der Waals surface area contributed by atoms with Gasteiger partial charge in [0.15, 0.2) is 11.8 Å². The maximum Gasteiger partial charge on any atom is 0.191 e. The van der Waals surface area contributed by atoms with Crippen LogP contribution < -0.4 is 10.6 Å². The minimum absolute atomic E-state index is 0.335. The zero-order chi connectivity index (χ0) is 22.0. The number of hydrogen-bond acceptors (Lipinski definition) is 3. The molecule has 162 valence electrons. The number of aromatic amines is 1. The van der Waals surface area contributed by atoms with Crippen LogP contribution in [0, 0.1) is 0 Å². The van der Waals surface area contributed by atoms with Crippen LogP contribution in [0.5, 0.6) is 0 Å². The van der Waals surface area contributed by atoms with E-state index < -0.39 is 0 Å². The van der Waals surface area contributed by atoms with Gasteiger partial charge in [0.2, 0.25) is 0 Å². The molecule has 1 aromatic heterocycles. The van der Waals surface area contributed by atoms with Gasteiger partial charge in [-0.05, 0) is 29.2 Å². The van der Waals surface area contributed by atoms with E-state index in [0.29, 0.717) is 12.5 Å². The van der Waals surface area contributed by atoms with Crippen LogP contribution in [0.3, 0.4) is 0 Å². The van der Waals surface area contributed by atoms with Crippen molar-refractivity contribution in [3.8, 4) is 11.4 Å². The first-order chi connectivity index (χ1) is 15.8. The Morgan fingerprint density at radius 3 is 2.25 bits per heavy atom. The fraction of sp³-hybridized carbons (Fsp3) is 0.192. The normalized spacial score (nSPS) is 11.5. The summed E-state index contributed by atoms with van der Waals surface area (Å²) in [5.41, 5.74) is 4.81. The topological polar surface area (TPSA) is 78.0 Å². The van der Waals surface area contributed by atoms with Gasteiger partial charge in [-0.3, -0.25) is 10.1 Å². The average Bonchev–Trinajstić information content (AvgIpc) is 3.40. The zero-order valence-corrected chi connectivity index (χ0v) is 18.2. The summed E-state index contributed by atoms with van der Waals surface area (Å²) in [5.74, 6) is 1.89. The van der Waals surface area contributed by atoms with E-state index in [4.69, 9.17) is 0 Å². The quantitative estimate of drug-likeness (QED) is 0.290. The van der Waals surface area contributed by atoms with E-state index >= 15 is 0 Å². The number of H-pyrrole nitrogens is 1. The molecule has 0 saturated carbocycles. The van der Waals surface area contributed by atoms with Crippen molar-refractivity contribution in [3.05, 3.63) is 108 Å². The van der Waals surface area contributed by atoms with E-state index in [9.17, 15) is 0 Å². The van der Waals surface area contributed by atoms with Crippen molar-refractivity contribution in [2.24, 2.45) is 4.99 Å². The van der Waals surface area contributed by atoms with E-state index in [-0.39, 0.29) is 0 Å². The molecule has 4 rings (SSSR count). The van der Waals surface area contributed by atoms with Crippen LogP contribution in [-0.2, 0) is 6.54 Å². The number of nitrogens with zero attached hydrogens (tertiary/aromatic N) is 3. The number of benzene rings is 3. The summed E-state index contributed by atoms with van der Waals surface area (Å²) < 4.78 is 0. The molecular weight excluding hydrogens is 396 g/mol. The lowest BCUT2D eigenvalue weighted by molar-refractivity contribution is 0.678. The van der Waals surface area contributed by atoms with Crippen LogP contribution in [0.25, 0.3) is 11.4 Å². The lowest BCUT2D eigenvalue weighted by Gasteiger charge is -2.19. The number of aromatic nitrogens is 3. The Kier molecular flexibility index (Phi) is 7.26. The Bertz CT molecular complexity index is 1070. The first-order valence-corrected chi connectivity index (χ1v) is 10.8. The Balaban J connectivity index is 1.34. The molecule has 3 N–H and O–H groups in total. The van der Waals surface area contributed by atoms with Gasteiger partial charge >= 0.3 is 0 Å². The second kappa shape index (κ2) is 10.9. The number of guanidine groups is 1. The van der Waals surface area contributed by atoms with Crippen LogP contribution in [0.1, 0.15) is 29.0 Å². The molecule has 0 saturated heterocycles. The van der Waals surface area contributed by atoms with Gasteiger partial charge in [0.1, 0.15) is 6.33 Å². The van der Waals surface area contributed by atoms with Crippen molar-refractivity contribution < 1.29 is 0 Å². The molecule has 0 atom stereocenters. The molecular formula is C26H28N6. The van der Waals surface area contributed by atoms with Crippen molar-refractivity contribution in [1.82, 2.24) is 25.8 Å². The summed E-state index contributed by atoms with van der Waals surface area (Å²) >= 11 is 0. The SMILES string of the molecule is CN=C(NCCC(c1ccccc1)c1ccccc1)NCc1cccc(-c2ncn[nH]2)c1. The molecule has 4 aromatic rings. The molecule has 6 nitrogen and oxygen atoms in total. The third kappa shape index (κ3) is 5.60. The van der Waals surface area contributed by atoms with Crippen LogP contribution in [0.4, 0.5) is 0 Å². The Morgan fingerprint density at radius 1 is 0.906 bits per heavy atom. The van der Waals surface area contributed by atoms with Crippen molar-refractivity contribution >= 4 is 5.96 Å². The third-order valence-corrected chi connectivity index (χ3v) is 5.43. The van der Waals surface area contributed by atoms with Gasteiger partial charge in [-0.1, -0.05) is 78.9 Å². The molecule has 0 fully saturated rings.